The van der Waals surface area contributed by atoms with Gasteiger partial charge in [-0.05, 0) is 31.4 Å². The second-order valence-corrected chi connectivity index (χ2v) is 6.73. The summed E-state index contributed by atoms with van der Waals surface area (Å²) in [5, 5.41) is 3.15. The summed E-state index contributed by atoms with van der Waals surface area (Å²) in [6.07, 6.45) is 8.56. The predicted octanol–water partition coefficient (Wildman–Crippen LogP) is 2.05. The fraction of sp³-hybridized carbons (Fsp3) is 0.923. The topological polar surface area (TPSA) is 55.1 Å². The van der Waals surface area contributed by atoms with Gasteiger partial charge in [-0.25, -0.2) is 0 Å². The van der Waals surface area contributed by atoms with Crippen molar-refractivity contribution in [1.82, 2.24) is 5.32 Å². The van der Waals surface area contributed by atoms with Crippen LogP contribution in [0.25, 0.3) is 0 Å². The van der Waals surface area contributed by atoms with Gasteiger partial charge in [-0.15, -0.1) is 0 Å². The zero-order chi connectivity index (χ0) is 12.1. The smallest absolute Gasteiger partial charge is 0.222 e. The molecular weight excluding hydrogens is 232 g/mol. The molecule has 1 heterocycles. The highest BCUT2D eigenvalue weighted by Gasteiger charge is 2.30. The number of nitrogens with two attached hydrogens (primary N) is 1. The maximum Gasteiger partial charge on any atom is 0.222 e. The Hall–Kier alpha value is -0.220. The van der Waals surface area contributed by atoms with E-state index < -0.39 is 0 Å². The van der Waals surface area contributed by atoms with E-state index >= 15 is 0 Å². The fourth-order valence-electron chi connectivity index (χ4n) is 2.89. The number of amides is 1. The Balaban J connectivity index is 1.75. The van der Waals surface area contributed by atoms with Crippen molar-refractivity contribution in [1.29, 1.82) is 0 Å². The maximum atomic E-state index is 12.0. The average Bonchev–Trinajstić information content (AvgIpc) is 2.30. The molecule has 1 amide bonds. The van der Waals surface area contributed by atoms with Gasteiger partial charge in [0.2, 0.25) is 5.91 Å². The molecule has 0 aromatic heterocycles. The molecule has 2 fully saturated rings. The van der Waals surface area contributed by atoms with Crippen LogP contribution in [0.4, 0.5) is 0 Å². The molecule has 98 valence electrons. The van der Waals surface area contributed by atoms with Crippen LogP contribution in [0.15, 0.2) is 0 Å². The van der Waals surface area contributed by atoms with Gasteiger partial charge < -0.3 is 11.1 Å². The van der Waals surface area contributed by atoms with Crippen LogP contribution in [-0.4, -0.2) is 29.0 Å². The zero-order valence-corrected chi connectivity index (χ0v) is 11.4. The third kappa shape index (κ3) is 4.18. The number of rotatable bonds is 3. The van der Waals surface area contributed by atoms with E-state index in [0.29, 0.717) is 12.5 Å². The van der Waals surface area contributed by atoms with Crippen LogP contribution in [0.5, 0.6) is 0 Å². The van der Waals surface area contributed by atoms with Crippen LogP contribution in [0.2, 0.25) is 0 Å². The first kappa shape index (κ1) is 13.2. The SMILES string of the molecule is NC1(CC(=O)NC2CCCSC2)CCCCC1. The largest absolute Gasteiger partial charge is 0.352 e. The molecule has 0 aromatic rings. The Morgan fingerprint density at radius 2 is 2.06 bits per heavy atom. The van der Waals surface area contributed by atoms with Crippen LogP contribution in [0.3, 0.4) is 0 Å². The van der Waals surface area contributed by atoms with Crippen LogP contribution >= 0.6 is 11.8 Å². The van der Waals surface area contributed by atoms with E-state index in [4.69, 9.17) is 5.73 Å². The van der Waals surface area contributed by atoms with Crippen LogP contribution in [0.1, 0.15) is 51.4 Å². The Morgan fingerprint density at radius 1 is 1.29 bits per heavy atom. The summed E-state index contributed by atoms with van der Waals surface area (Å²) < 4.78 is 0. The molecule has 1 aliphatic heterocycles. The van der Waals surface area contributed by atoms with Gasteiger partial charge in [0.05, 0.1) is 0 Å². The number of hydrogen-bond donors (Lipinski definition) is 2. The minimum absolute atomic E-state index is 0.168. The molecule has 0 spiro atoms. The third-order valence-electron chi connectivity index (χ3n) is 3.89. The average molecular weight is 256 g/mol. The lowest BCUT2D eigenvalue weighted by Crippen LogP contribution is -2.48. The molecule has 17 heavy (non-hydrogen) atoms. The minimum Gasteiger partial charge on any atom is -0.352 e. The summed E-state index contributed by atoms with van der Waals surface area (Å²) in [6, 6.07) is 0.383. The predicted molar refractivity (Wildman–Crippen MR) is 73.1 cm³/mol. The Labute approximate surface area is 108 Å². The molecule has 0 bridgehead atoms. The van der Waals surface area contributed by atoms with Crippen molar-refractivity contribution in [3.63, 3.8) is 0 Å². The summed E-state index contributed by atoms with van der Waals surface area (Å²) in [5.41, 5.74) is 6.08. The van der Waals surface area contributed by atoms with Gasteiger partial charge in [0.25, 0.3) is 0 Å². The van der Waals surface area contributed by atoms with Gasteiger partial charge in [0.15, 0.2) is 0 Å². The molecule has 3 N–H and O–H groups in total. The highest BCUT2D eigenvalue weighted by Crippen LogP contribution is 2.28. The van der Waals surface area contributed by atoms with Gasteiger partial charge in [-0.3, -0.25) is 4.79 Å². The van der Waals surface area contributed by atoms with E-state index in [-0.39, 0.29) is 11.4 Å². The molecule has 0 aromatic carbocycles. The van der Waals surface area contributed by atoms with Crippen molar-refractivity contribution in [3.05, 3.63) is 0 Å². The van der Waals surface area contributed by atoms with Gasteiger partial charge in [-0.1, -0.05) is 19.3 Å². The third-order valence-corrected chi connectivity index (χ3v) is 5.10. The molecule has 2 aliphatic rings. The standard InChI is InChI=1S/C13H24N2OS/c14-13(6-2-1-3-7-13)9-12(16)15-11-5-4-8-17-10-11/h11H,1-10,14H2,(H,15,16). The maximum absolute atomic E-state index is 12.0. The molecule has 3 nitrogen and oxygen atoms in total. The van der Waals surface area contributed by atoms with Crippen LogP contribution < -0.4 is 11.1 Å². The number of carbonyl (C=O) groups excluding carboxylic acids is 1. The Bertz CT molecular complexity index is 258. The molecular formula is C13H24N2OS. The second kappa shape index (κ2) is 6.10. The van der Waals surface area contributed by atoms with Crippen LogP contribution in [0, 0.1) is 0 Å². The van der Waals surface area contributed by atoms with E-state index in [1.165, 1.54) is 31.4 Å². The number of nitrogens with one attached hydrogen (secondary N) is 1. The summed E-state index contributed by atoms with van der Waals surface area (Å²) in [5.74, 6) is 2.48. The van der Waals surface area contributed by atoms with Crippen molar-refractivity contribution in [2.45, 2.75) is 62.9 Å². The molecule has 2 rings (SSSR count). The summed E-state index contributed by atoms with van der Waals surface area (Å²) in [6.45, 7) is 0. The normalized spacial score (nSPS) is 28.6. The van der Waals surface area contributed by atoms with Gasteiger partial charge in [-0.2, -0.15) is 11.8 Å². The van der Waals surface area contributed by atoms with Crippen molar-refractivity contribution in [2.75, 3.05) is 11.5 Å². The zero-order valence-electron chi connectivity index (χ0n) is 10.5. The Morgan fingerprint density at radius 3 is 2.71 bits per heavy atom. The molecule has 0 radical (unpaired) electrons. The fourth-order valence-corrected chi connectivity index (χ4v) is 3.96. The van der Waals surface area contributed by atoms with E-state index in [1.54, 1.807) is 0 Å². The van der Waals surface area contributed by atoms with E-state index in [1.807, 2.05) is 11.8 Å². The summed E-state index contributed by atoms with van der Waals surface area (Å²) >= 11 is 1.94. The summed E-state index contributed by atoms with van der Waals surface area (Å²) in [7, 11) is 0. The van der Waals surface area contributed by atoms with Crippen LogP contribution in [-0.2, 0) is 4.79 Å². The van der Waals surface area contributed by atoms with E-state index in [0.717, 1.165) is 25.0 Å². The van der Waals surface area contributed by atoms with E-state index in [9.17, 15) is 4.79 Å². The first-order valence-corrected chi connectivity index (χ1v) is 7.99. The highest BCUT2D eigenvalue weighted by atomic mass is 32.2. The lowest BCUT2D eigenvalue weighted by Gasteiger charge is -2.33. The molecule has 1 atom stereocenters. The van der Waals surface area contributed by atoms with Crippen molar-refractivity contribution in [2.24, 2.45) is 5.73 Å². The number of carbonyl (C=O) groups is 1. The first-order chi connectivity index (χ1) is 8.18. The quantitative estimate of drug-likeness (QED) is 0.812. The number of hydrogen-bond acceptors (Lipinski definition) is 3. The van der Waals surface area contributed by atoms with Crippen molar-refractivity contribution < 1.29 is 4.79 Å². The molecule has 1 aliphatic carbocycles. The van der Waals surface area contributed by atoms with Crippen molar-refractivity contribution >= 4 is 17.7 Å². The lowest BCUT2D eigenvalue weighted by molar-refractivity contribution is -0.123. The van der Waals surface area contributed by atoms with E-state index in [2.05, 4.69) is 5.32 Å². The second-order valence-electron chi connectivity index (χ2n) is 5.58. The minimum atomic E-state index is -0.218. The van der Waals surface area contributed by atoms with Gasteiger partial charge >= 0.3 is 0 Å². The molecule has 1 saturated carbocycles. The highest BCUT2D eigenvalue weighted by molar-refractivity contribution is 7.99. The lowest BCUT2D eigenvalue weighted by atomic mass is 9.80. The first-order valence-electron chi connectivity index (χ1n) is 6.84. The monoisotopic (exact) mass is 256 g/mol. The van der Waals surface area contributed by atoms with Crippen molar-refractivity contribution in [3.8, 4) is 0 Å². The molecule has 4 heteroatoms. The summed E-state index contributed by atoms with van der Waals surface area (Å²) in [4.78, 5) is 12.0. The molecule has 1 saturated heterocycles. The molecule has 1 unspecified atom stereocenters. The Kier molecular flexibility index (Phi) is 4.74. The van der Waals surface area contributed by atoms with Gasteiger partial charge in [0.1, 0.15) is 0 Å². The number of thioether (sulfide) groups is 1. The van der Waals surface area contributed by atoms with Gasteiger partial charge in [0, 0.05) is 23.8 Å².